The number of hydrogen-bond donors (Lipinski definition) is 1. The Labute approximate surface area is 180 Å². The summed E-state index contributed by atoms with van der Waals surface area (Å²) in [7, 11) is 0. The van der Waals surface area contributed by atoms with Crippen molar-refractivity contribution in [1.29, 1.82) is 0 Å². The topological polar surface area (TPSA) is 102 Å². The number of hydrogen-bond acceptors (Lipinski definition) is 7. The summed E-state index contributed by atoms with van der Waals surface area (Å²) in [5.41, 5.74) is 0.207. The average molecular weight is 444 g/mol. The first-order chi connectivity index (χ1) is 15.3. The van der Waals surface area contributed by atoms with Crippen molar-refractivity contribution >= 4 is 11.7 Å². The Bertz CT molecular complexity index is 1130. The molecule has 2 aliphatic heterocycles. The van der Waals surface area contributed by atoms with Gasteiger partial charge in [0.25, 0.3) is 5.91 Å². The van der Waals surface area contributed by atoms with Crippen LogP contribution in [-0.4, -0.2) is 58.9 Å². The summed E-state index contributed by atoms with van der Waals surface area (Å²) in [6.07, 6.45) is 4.26. The van der Waals surface area contributed by atoms with Gasteiger partial charge in [-0.1, -0.05) is 0 Å². The van der Waals surface area contributed by atoms with Crippen LogP contribution in [0.3, 0.4) is 0 Å². The van der Waals surface area contributed by atoms with Crippen LogP contribution in [0.1, 0.15) is 40.9 Å². The van der Waals surface area contributed by atoms with Crippen molar-refractivity contribution in [3.63, 3.8) is 0 Å². The summed E-state index contributed by atoms with van der Waals surface area (Å²) >= 11 is 0. The highest BCUT2D eigenvalue weighted by molar-refractivity contribution is 5.98. The predicted molar refractivity (Wildman–Crippen MR) is 106 cm³/mol. The first-order valence-electron chi connectivity index (χ1n) is 10.1. The molecule has 0 spiro atoms. The second kappa shape index (κ2) is 7.53. The lowest BCUT2D eigenvalue weighted by Crippen LogP contribution is -2.40. The van der Waals surface area contributed by atoms with Gasteiger partial charge in [-0.15, -0.1) is 4.80 Å². The summed E-state index contributed by atoms with van der Waals surface area (Å²) in [6.45, 7) is 1.86. The molecule has 3 atom stereocenters. The lowest BCUT2D eigenvalue weighted by Gasteiger charge is -2.26. The SMILES string of the molecule is Cc1cnc(-n2nccn2)c(C(=O)N2[C@@H]3CC[C@H]2[C@H](Nc2cnc(C(F)(F)F)cn2)C3)c1. The van der Waals surface area contributed by atoms with Gasteiger partial charge in [0, 0.05) is 12.2 Å². The zero-order chi connectivity index (χ0) is 22.5. The monoisotopic (exact) mass is 444 g/mol. The normalized spacial score (nSPS) is 22.4. The fraction of sp³-hybridized carbons (Fsp3) is 0.400. The number of nitrogens with zero attached hydrogens (tertiary/aromatic N) is 7. The van der Waals surface area contributed by atoms with Crippen LogP contribution in [-0.2, 0) is 6.18 Å². The molecule has 32 heavy (non-hydrogen) atoms. The highest BCUT2D eigenvalue weighted by atomic mass is 19.4. The van der Waals surface area contributed by atoms with E-state index in [0.717, 1.165) is 24.6 Å². The van der Waals surface area contributed by atoms with E-state index in [1.54, 1.807) is 12.3 Å². The number of halogens is 3. The maximum Gasteiger partial charge on any atom is 0.434 e. The van der Waals surface area contributed by atoms with Gasteiger partial charge in [-0.05, 0) is 37.8 Å². The van der Waals surface area contributed by atoms with E-state index >= 15 is 0 Å². The van der Waals surface area contributed by atoms with Crippen LogP contribution in [0.4, 0.5) is 19.0 Å². The van der Waals surface area contributed by atoms with E-state index in [0.29, 0.717) is 24.0 Å². The maximum absolute atomic E-state index is 13.6. The molecular formula is C20H19F3N8O. The quantitative estimate of drug-likeness (QED) is 0.660. The van der Waals surface area contributed by atoms with E-state index < -0.39 is 11.9 Å². The van der Waals surface area contributed by atoms with Crippen molar-refractivity contribution in [3.05, 3.63) is 53.9 Å². The molecule has 166 valence electrons. The third-order valence-corrected chi connectivity index (χ3v) is 5.89. The molecule has 3 aromatic heterocycles. The van der Waals surface area contributed by atoms with Crippen LogP contribution < -0.4 is 5.32 Å². The molecule has 2 fully saturated rings. The van der Waals surface area contributed by atoms with Gasteiger partial charge < -0.3 is 10.2 Å². The highest BCUT2D eigenvalue weighted by Gasteiger charge is 2.49. The van der Waals surface area contributed by atoms with Crippen molar-refractivity contribution in [3.8, 4) is 5.82 Å². The smallest absolute Gasteiger partial charge is 0.364 e. The Balaban J connectivity index is 1.38. The van der Waals surface area contributed by atoms with Crippen LogP contribution in [0.15, 0.2) is 37.1 Å². The number of carbonyl (C=O) groups excluding carboxylic acids is 1. The Hall–Kier alpha value is -3.57. The summed E-state index contributed by atoms with van der Waals surface area (Å²) < 4.78 is 38.2. The van der Waals surface area contributed by atoms with Gasteiger partial charge >= 0.3 is 6.18 Å². The highest BCUT2D eigenvalue weighted by Crippen LogP contribution is 2.40. The standard InChI is InChI=1S/C20H19F3N8O/c1-11-6-13(18(26-8-11)31-27-4-5-28-31)19(32)30-12-2-3-15(30)14(7-12)29-17-10-24-16(9-25-17)20(21,22)23/h4-6,8-10,12,14-15H,2-3,7H2,1H3,(H,25,29)/t12-,14-,15+/m1/s1. The van der Waals surface area contributed by atoms with Crippen molar-refractivity contribution < 1.29 is 18.0 Å². The second-order valence-corrected chi connectivity index (χ2v) is 7.98. The molecule has 3 aromatic rings. The van der Waals surface area contributed by atoms with Gasteiger partial charge in [0.05, 0.1) is 42.4 Å². The zero-order valence-electron chi connectivity index (χ0n) is 17.0. The fourth-order valence-electron chi connectivity index (χ4n) is 4.54. The lowest BCUT2D eigenvalue weighted by molar-refractivity contribution is -0.141. The lowest BCUT2D eigenvalue weighted by atomic mass is 9.95. The van der Waals surface area contributed by atoms with E-state index in [-0.39, 0.29) is 29.9 Å². The van der Waals surface area contributed by atoms with Gasteiger partial charge in [-0.3, -0.25) is 4.79 Å². The largest absolute Gasteiger partial charge is 0.434 e. The van der Waals surface area contributed by atoms with Crippen LogP contribution >= 0.6 is 0 Å². The Morgan fingerprint density at radius 3 is 2.56 bits per heavy atom. The van der Waals surface area contributed by atoms with E-state index in [4.69, 9.17) is 0 Å². The van der Waals surface area contributed by atoms with Crippen molar-refractivity contribution in [2.75, 3.05) is 5.32 Å². The molecule has 0 unspecified atom stereocenters. The molecule has 0 radical (unpaired) electrons. The predicted octanol–water partition coefficient (Wildman–Crippen LogP) is 2.64. The third kappa shape index (κ3) is 3.55. The van der Waals surface area contributed by atoms with Crippen LogP contribution in [0, 0.1) is 6.92 Å². The molecule has 2 bridgehead atoms. The maximum atomic E-state index is 13.6. The number of aryl methyl sites for hydroxylation is 1. The van der Waals surface area contributed by atoms with Gasteiger partial charge in [-0.2, -0.15) is 23.4 Å². The van der Waals surface area contributed by atoms with Crippen molar-refractivity contribution in [2.24, 2.45) is 0 Å². The van der Waals surface area contributed by atoms with Gasteiger partial charge in [-0.25, -0.2) is 15.0 Å². The zero-order valence-corrected chi connectivity index (χ0v) is 17.0. The minimum absolute atomic E-state index is 0.0198. The molecule has 12 heteroatoms. The molecule has 0 aliphatic carbocycles. The van der Waals surface area contributed by atoms with E-state index in [1.165, 1.54) is 17.2 Å². The Morgan fingerprint density at radius 1 is 1.09 bits per heavy atom. The molecule has 0 aromatic carbocycles. The number of alkyl halides is 3. The molecule has 2 aliphatic rings. The first-order valence-corrected chi connectivity index (χ1v) is 10.1. The molecular weight excluding hydrogens is 425 g/mol. The van der Waals surface area contributed by atoms with Gasteiger partial charge in [0.2, 0.25) is 0 Å². The average Bonchev–Trinajstić information content (AvgIpc) is 3.49. The summed E-state index contributed by atoms with van der Waals surface area (Å²) in [4.78, 5) is 28.4. The van der Waals surface area contributed by atoms with Crippen LogP contribution in [0.25, 0.3) is 5.82 Å². The van der Waals surface area contributed by atoms with Crippen molar-refractivity contribution in [1.82, 2.24) is 34.8 Å². The number of nitrogens with one attached hydrogen (secondary N) is 1. The number of aromatic nitrogens is 6. The second-order valence-electron chi connectivity index (χ2n) is 7.98. The molecule has 5 rings (SSSR count). The first kappa shape index (κ1) is 20.3. The summed E-state index contributed by atoms with van der Waals surface area (Å²) in [6, 6.07) is 1.55. The van der Waals surface area contributed by atoms with E-state index in [1.807, 2.05) is 11.8 Å². The van der Waals surface area contributed by atoms with Gasteiger partial charge in [0.1, 0.15) is 5.82 Å². The molecule has 9 nitrogen and oxygen atoms in total. The minimum Gasteiger partial charge on any atom is -0.364 e. The van der Waals surface area contributed by atoms with E-state index in [9.17, 15) is 18.0 Å². The summed E-state index contributed by atoms with van der Waals surface area (Å²) in [5.74, 6) is 0.445. The molecule has 5 heterocycles. The third-order valence-electron chi connectivity index (χ3n) is 5.89. The molecule has 1 amide bonds. The van der Waals surface area contributed by atoms with Crippen LogP contribution in [0.5, 0.6) is 0 Å². The summed E-state index contributed by atoms with van der Waals surface area (Å²) in [5, 5.41) is 11.4. The number of anilines is 1. The van der Waals surface area contributed by atoms with Crippen molar-refractivity contribution in [2.45, 2.75) is 50.5 Å². The molecule has 0 saturated carbocycles. The Morgan fingerprint density at radius 2 is 1.88 bits per heavy atom. The minimum atomic E-state index is -4.54. The van der Waals surface area contributed by atoms with Crippen LogP contribution in [0.2, 0.25) is 0 Å². The number of pyridine rings is 1. The Kier molecular flexibility index (Phi) is 4.79. The number of rotatable bonds is 4. The van der Waals surface area contributed by atoms with E-state index in [2.05, 4.69) is 30.5 Å². The number of amides is 1. The van der Waals surface area contributed by atoms with Gasteiger partial charge in [0.15, 0.2) is 11.5 Å². The molecule has 2 saturated heterocycles. The molecule has 1 N–H and O–H groups in total. The number of carbonyl (C=O) groups is 1. The fourth-order valence-corrected chi connectivity index (χ4v) is 4.54. The number of fused-ring (bicyclic) bond motifs is 2.